The Morgan fingerprint density at radius 1 is 1.38 bits per heavy atom. The Labute approximate surface area is 103 Å². The molecule has 2 aromatic rings. The first-order chi connectivity index (χ1) is 7.59. The fourth-order valence-corrected chi connectivity index (χ4v) is 2.72. The molecule has 0 bridgehead atoms. The maximum atomic E-state index is 13.6. The first-order valence-corrected chi connectivity index (χ1v) is 6.25. The van der Waals surface area contributed by atoms with Crippen LogP contribution in [0.4, 0.5) is 4.39 Å². The van der Waals surface area contributed by atoms with E-state index in [9.17, 15) is 4.39 Å². The zero-order chi connectivity index (χ0) is 11.7. The third-order valence-electron chi connectivity index (χ3n) is 2.29. The molecule has 84 valence electrons. The Kier molecular flexibility index (Phi) is 3.26. The average molecular weight is 256 g/mol. The summed E-state index contributed by atoms with van der Waals surface area (Å²) < 4.78 is 13.6. The van der Waals surface area contributed by atoms with Crippen LogP contribution in [0.15, 0.2) is 23.6 Å². The first-order valence-electron chi connectivity index (χ1n) is 4.99. The minimum absolute atomic E-state index is 0.322. The Morgan fingerprint density at radius 2 is 2.12 bits per heavy atom. The lowest BCUT2D eigenvalue weighted by Crippen LogP contribution is -1.89. The van der Waals surface area contributed by atoms with Gasteiger partial charge in [-0.1, -0.05) is 31.5 Å². The Bertz CT molecular complexity index is 487. The number of hydrogen-bond donors (Lipinski definition) is 0. The smallest absolute Gasteiger partial charge is 0.134 e. The number of benzene rings is 1. The molecule has 0 aliphatic rings. The Hall–Kier alpha value is -0.930. The summed E-state index contributed by atoms with van der Waals surface area (Å²) in [5.41, 5.74) is 1.38. The van der Waals surface area contributed by atoms with Gasteiger partial charge in [0.1, 0.15) is 10.8 Å². The van der Waals surface area contributed by atoms with Crippen molar-refractivity contribution in [3.63, 3.8) is 0 Å². The minimum Gasteiger partial charge on any atom is -0.241 e. The lowest BCUT2D eigenvalue weighted by atomic mass is 10.1. The monoisotopic (exact) mass is 255 g/mol. The van der Waals surface area contributed by atoms with Crippen LogP contribution in [-0.4, -0.2) is 4.98 Å². The van der Waals surface area contributed by atoms with E-state index in [1.54, 1.807) is 12.1 Å². The predicted molar refractivity (Wildman–Crippen MR) is 66.6 cm³/mol. The zero-order valence-corrected chi connectivity index (χ0v) is 10.6. The van der Waals surface area contributed by atoms with Crippen molar-refractivity contribution in [2.24, 2.45) is 0 Å². The maximum Gasteiger partial charge on any atom is 0.134 e. The van der Waals surface area contributed by atoms with Crippen molar-refractivity contribution in [1.82, 2.24) is 4.98 Å². The average Bonchev–Trinajstić information content (AvgIpc) is 2.66. The Balaban J connectivity index is 2.50. The molecule has 0 aliphatic heterocycles. The molecule has 0 saturated heterocycles. The molecule has 0 atom stereocenters. The van der Waals surface area contributed by atoms with Crippen LogP contribution in [0.2, 0.25) is 5.02 Å². The van der Waals surface area contributed by atoms with E-state index < -0.39 is 0 Å². The van der Waals surface area contributed by atoms with Gasteiger partial charge in [-0.25, -0.2) is 9.37 Å². The van der Waals surface area contributed by atoms with E-state index in [-0.39, 0.29) is 5.82 Å². The molecule has 0 aliphatic carbocycles. The normalized spacial score (nSPS) is 11.1. The number of aromatic nitrogens is 1. The van der Waals surface area contributed by atoms with Gasteiger partial charge in [-0.15, -0.1) is 11.3 Å². The molecule has 0 fully saturated rings. The molecule has 0 amide bonds. The summed E-state index contributed by atoms with van der Waals surface area (Å²) in [5.74, 6) is 0.0210. The number of nitrogens with zero attached hydrogens (tertiary/aromatic N) is 1. The van der Waals surface area contributed by atoms with Gasteiger partial charge in [0.05, 0.1) is 16.3 Å². The Morgan fingerprint density at radius 3 is 2.69 bits per heavy atom. The predicted octanol–water partition coefficient (Wildman–Crippen LogP) is 4.73. The molecule has 1 nitrogen and oxygen atoms in total. The highest BCUT2D eigenvalue weighted by atomic mass is 35.5. The van der Waals surface area contributed by atoms with Crippen LogP contribution >= 0.6 is 22.9 Å². The van der Waals surface area contributed by atoms with Crippen LogP contribution in [0, 0.1) is 5.82 Å². The van der Waals surface area contributed by atoms with E-state index in [2.05, 4.69) is 18.8 Å². The summed E-state index contributed by atoms with van der Waals surface area (Å²) in [6.45, 7) is 4.11. The summed E-state index contributed by atoms with van der Waals surface area (Å²) in [5, 5.41) is 3.00. The van der Waals surface area contributed by atoms with Crippen molar-refractivity contribution in [2.45, 2.75) is 19.8 Å². The zero-order valence-electron chi connectivity index (χ0n) is 9.00. The summed E-state index contributed by atoms with van der Waals surface area (Å²) in [6, 6.07) is 4.67. The maximum absolute atomic E-state index is 13.6. The molecular weight excluding hydrogens is 245 g/mol. The second-order valence-electron chi connectivity index (χ2n) is 3.83. The molecule has 0 unspecified atom stereocenters. The third kappa shape index (κ3) is 2.11. The van der Waals surface area contributed by atoms with Gasteiger partial charge in [-0.2, -0.15) is 0 Å². The summed E-state index contributed by atoms with van der Waals surface area (Å²) >= 11 is 7.40. The van der Waals surface area contributed by atoms with Gasteiger partial charge in [0, 0.05) is 5.38 Å². The van der Waals surface area contributed by atoms with Crippen molar-refractivity contribution < 1.29 is 4.39 Å². The van der Waals surface area contributed by atoms with E-state index >= 15 is 0 Å². The quantitative estimate of drug-likeness (QED) is 0.756. The van der Waals surface area contributed by atoms with Crippen molar-refractivity contribution >= 4 is 22.9 Å². The van der Waals surface area contributed by atoms with Crippen LogP contribution < -0.4 is 0 Å². The van der Waals surface area contributed by atoms with E-state index in [0.29, 0.717) is 21.5 Å². The number of hydrogen-bond acceptors (Lipinski definition) is 2. The molecule has 0 spiro atoms. The molecule has 16 heavy (non-hydrogen) atoms. The second kappa shape index (κ2) is 4.52. The molecule has 2 rings (SSSR count). The number of halogens is 2. The fraction of sp³-hybridized carbons (Fsp3) is 0.250. The van der Waals surface area contributed by atoms with Crippen molar-refractivity contribution in [3.8, 4) is 10.6 Å². The van der Waals surface area contributed by atoms with E-state index in [1.165, 1.54) is 17.4 Å². The largest absolute Gasteiger partial charge is 0.241 e. The summed E-state index contributed by atoms with van der Waals surface area (Å²) in [6.07, 6.45) is 0. The van der Waals surface area contributed by atoms with Crippen molar-refractivity contribution in [2.75, 3.05) is 0 Å². The third-order valence-corrected chi connectivity index (χ3v) is 3.48. The topological polar surface area (TPSA) is 12.9 Å². The van der Waals surface area contributed by atoms with Gasteiger partial charge in [0.15, 0.2) is 0 Å². The van der Waals surface area contributed by atoms with E-state index in [4.69, 9.17) is 11.6 Å². The van der Waals surface area contributed by atoms with Crippen molar-refractivity contribution in [1.29, 1.82) is 0 Å². The molecule has 1 aromatic carbocycles. The van der Waals surface area contributed by atoms with Gasteiger partial charge >= 0.3 is 0 Å². The molecular formula is C12H11ClFNS. The van der Waals surface area contributed by atoms with Crippen LogP contribution in [-0.2, 0) is 0 Å². The van der Waals surface area contributed by atoms with Crippen LogP contribution in [0.25, 0.3) is 10.6 Å². The van der Waals surface area contributed by atoms with Gasteiger partial charge in [0.25, 0.3) is 0 Å². The lowest BCUT2D eigenvalue weighted by Gasteiger charge is -2.02. The first kappa shape index (κ1) is 11.6. The van der Waals surface area contributed by atoms with Gasteiger partial charge in [-0.05, 0) is 18.1 Å². The highest BCUT2D eigenvalue weighted by molar-refractivity contribution is 7.13. The standard InChI is InChI=1S/C12H11ClFNS/c1-7(2)10-6-16-12(15-10)11-8(13)4-3-5-9(11)14/h3-7H,1-2H3. The van der Waals surface area contributed by atoms with Gasteiger partial charge in [0.2, 0.25) is 0 Å². The summed E-state index contributed by atoms with van der Waals surface area (Å²) in [4.78, 5) is 4.40. The van der Waals surface area contributed by atoms with Gasteiger partial charge < -0.3 is 0 Å². The SMILES string of the molecule is CC(C)c1csc(-c2c(F)cccc2Cl)n1. The summed E-state index contributed by atoms with van der Waals surface area (Å²) in [7, 11) is 0. The minimum atomic E-state index is -0.322. The molecule has 1 aromatic heterocycles. The molecule has 0 radical (unpaired) electrons. The molecule has 4 heteroatoms. The van der Waals surface area contributed by atoms with Gasteiger partial charge in [-0.3, -0.25) is 0 Å². The number of rotatable bonds is 2. The van der Waals surface area contributed by atoms with Crippen LogP contribution in [0.5, 0.6) is 0 Å². The molecule has 0 N–H and O–H groups in total. The molecule has 1 heterocycles. The van der Waals surface area contributed by atoms with E-state index in [0.717, 1.165) is 5.69 Å². The van der Waals surface area contributed by atoms with Crippen molar-refractivity contribution in [3.05, 3.63) is 40.1 Å². The second-order valence-corrected chi connectivity index (χ2v) is 5.09. The molecule has 0 saturated carbocycles. The highest BCUT2D eigenvalue weighted by Gasteiger charge is 2.14. The lowest BCUT2D eigenvalue weighted by molar-refractivity contribution is 0.631. The van der Waals surface area contributed by atoms with Crippen LogP contribution in [0.3, 0.4) is 0 Å². The fourth-order valence-electron chi connectivity index (χ4n) is 1.37. The van der Waals surface area contributed by atoms with E-state index in [1.807, 2.05) is 5.38 Å². The van der Waals surface area contributed by atoms with Crippen LogP contribution in [0.1, 0.15) is 25.5 Å². The highest BCUT2D eigenvalue weighted by Crippen LogP contribution is 2.33. The number of thiazole rings is 1.